The van der Waals surface area contributed by atoms with Crippen LogP contribution in [0, 0.1) is 0 Å². The molecule has 2 aliphatic heterocycles. The van der Waals surface area contributed by atoms with Crippen molar-refractivity contribution in [3.05, 3.63) is 34.3 Å². The molecule has 2 fully saturated rings. The molecule has 4 rings (SSSR count). The van der Waals surface area contributed by atoms with E-state index in [1.807, 2.05) is 0 Å². The van der Waals surface area contributed by atoms with Gasteiger partial charge >= 0.3 is 5.76 Å². The quantitative estimate of drug-likeness (QED) is 0.787. The van der Waals surface area contributed by atoms with Crippen LogP contribution in [0.1, 0.15) is 23.2 Å². The molecule has 1 amide bonds. The number of benzene rings is 1. The Bertz CT molecular complexity index is 805. The molecule has 0 unspecified atom stereocenters. The second-order valence-corrected chi connectivity index (χ2v) is 6.01. The van der Waals surface area contributed by atoms with Crippen molar-refractivity contribution in [3.8, 4) is 0 Å². The summed E-state index contributed by atoms with van der Waals surface area (Å²) in [6.07, 6.45) is 1.36. The molecule has 0 saturated carbocycles. The highest BCUT2D eigenvalue weighted by Gasteiger charge is 2.40. The largest absolute Gasteiger partial charge is 0.419 e. The van der Waals surface area contributed by atoms with Gasteiger partial charge in [-0.15, -0.1) is 0 Å². The van der Waals surface area contributed by atoms with Crippen LogP contribution in [0.2, 0.25) is 0 Å². The van der Waals surface area contributed by atoms with Gasteiger partial charge in [0.1, 0.15) is 0 Å². The van der Waals surface area contributed by atoms with E-state index in [0.29, 0.717) is 55.8 Å². The van der Waals surface area contributed by atoms with E-state index in [9.17, 15) is 9.59 Å². The molecule has 7 heteroatoms. The fraction of sp³-hybridized carbons (Fsp3) is 0.500. The fourth-order valence-electron chi connectivity index (χ4n) is 3.29. The Morgan fingerprint density at radius 2 is 1.87 bits per heavy atom. The number of nitrogens with zero attached hydrogens (tertiary/aromatic N) is 2. The second kappa shape index (κ2) is 5.21. The molecule has 2 aliphatic rings. The number of carbonyl (C=O) groups is 1. The summed E-state index contributed by atoms with van der Waals surface area (Å²) in [7, 11) is 1.64. The highest BCUT2D eigenvalue weighted by atomic mass is 16.7. The first kappa shape index (κ1) is 14.5. The van der Waals surface area contributed by atoms with Gasteiger partial charge in [0, 0.05) is 38.5 Å². The number of aryl methyl sites for hydroxylation is 1. The van der Waals surface area contributed by atoms with Crippen LogP contribution in [0.25, 0.3) is 11.1 Å². The Labute approximate surface area is 132 Å². The summed E-state index contributed by atoms with van der Waals surface area (Å²) in [4.78, 5) is 26.0. The van der Waals surface area contributed by atoms with Gasteiger partial charge in [0.15, 0.2) is 11.4 Å². The maximum absolute atomic E-state index is 12.7. The predicted octanol–water partition coefficient (Wildman–Crippen LogP) is 1.11. The smallest absolute Gasteiger partial charge is 0.408 e. The number of hydrogen-bond acceptors (Lipinski definition) is 5. The van der Waals surface area contributed by atoms with Gasteiger partial charge in [-0.25, -0.2) is 4.79 Å². The van der Waals surface area contributed by atoms with Crippen LogP contribution in [-0.2, 0) is 16.5 Å². The molecule has 0 atom stereocenters. The zero-order valence-electron chi connectivity index (χ0n) is 12.9. The lowest BCUT2D eigenvalue weighted by molar-refractivity contribution is -0.181. The number of amides is 1. The highest BCUT2D eigenvalue weighted by molar-refractivity contribution is 5.97. The molecule has 7 nitrogen and oxygen atoms in total. The molecule has 0 radical (unpaired) electrons. The zero-order valence-corrected chi connectivity index (χ0v) is 12.9. The van der Waals surface area contributed by atoms with Crippen molar-refractivity contribution < 1.29 is 18.7 Å². The molecular formula is C16H18N2O5. The Balaban J connectivity index is 1.54. The maximum atomic E-state index is 12.7. The number of ether oxygens (including phenoxy) is 2. The molecule has 1 aromatic heterocycles. The van der Waals surface area contributed by atoms with Crippen LogP contribution in [0.5, 0.6) is 0 Å². The van der Waals surface area contributed by atoms with Crippen molar-refractivity contribution in [1.29, 1.82) is 0 Å². The molecule has 0 bridgehead atoms. The van der Waals surface area contributed by atoms with E-state index in [1.54, 1.807) is 30.1 Å². The Morgan fingerprint density at radius 1 is 1.17 bits per heavy atom. The third-order valence-electron chi connectivity index (χ3n) is 4.67. The van der Waals surface area contributed by atoms with E-state index in [0.717, 1.165) is 0 Å². The van der Waals surface area contributed by atoms with E-state index in [2.05, 4.69) is 0 Å². The lowest BCUT2D eigenvalue weighted by Gasteiger charge is -2.37. The molecule has 122 valence electrons. The minimum Gasteiger partial charge on any atom is -0.408 e. The van der Waals surface area contributed by atoms with E-state index in [4.69, 9.17) is 13.9 Å². The standard InChI is InChI=1S/C16H18N2O5/c1-17-12-3-2-11(10-13(12)23-15(17)20)14(19)18-6-4-16(5-7-18)21-8-9-22-16/h2-3,10H,4-9H2,1H3. The Morgan fingerprint density at radius 3 is 2.57 bits per heavy atom. The summed E-state index contributed by atoms with van der Waals surface area (Å²) < 4.78 is 17.9. The number of carbonyl (C=O) groups excluding carboxylic acids is 1. The average Bonchev–Trinajstić information content (AvgIpc) is 3.13. The Kier molecular flexibility index (Phi) is 3.28. The number of fused-ring (bicyclic) bond motifs is 1. The van der Waals surface area contributed by atoms with Crippen LogP contribution in [0.15, 0.2) is 27.4 Å². The summed E-state index contributed by atoms with van der Waals surface area (Å²) in [6, 6.07) is 5.10. The average molecular weight is 318 g/mol. The minimum atomic E-state index is -0.493. The van der Waals surface area contributed by atoms with Crippen molar-refractivity contribution in [2.45, 2.75) is 18.6 Å². The van der Waals surface area contributed by atoms with Crippen molar-refractivity contribution in [1.82, 2.24) is 9.47 Å². The molecule has 0 aliphatic carbocycles. The van der Waals surface area contributed by atoms with Crippen LogP contribution in [0.4, 0.5) is 0 Å². The minimum absolute atomic E-state index is 0.0637. The molecule has 23 heavy (non-hydrogen) atoms. The van der Waals surface area contributed by atoms with E-state index < -0.39 is 11.5 Å². The third-order valence-corrected chi connectivity index (χ3v) is 4.67. The van der Waals surface area contributed by atoms with Crippen molar-refractivity contribution in [2.75, 3.05) is 26.3 Å². The van der Waals surface area contributed by atoms with E-state index in [1.165, 1.54) is 4.57 Å². The molecule has 1 spiro atoms. The van der Waals surface area contributed by atoms with Crippen molar-refractivity contribution >= 4 is 17.0 Å². The van der Waals surface area contributed by atoms with Crippen LogP contribution in [-0.4, -0.2) is 47.5 Å². The number of aromatic nitrogens is 1. The lowest BCUT2D eigenvalue weighted by atomic mass is 10.0. The molecular weight excluding hydrogens is 300 g/mol. The number of likely N-dealkylation sites (tertiary alicyclic amines) is 1. The molecule has 2 aromatic rings. The topological polar surface area (TPSA) is 73.9 Å². The van der Waals surface area contributed by atoms with Gasteiger partial charge in [0.2, 0.25) is 0 Å². The van der Waals surface area contributed by atoms with Gasteiger partial charge in [0.25, 0.3) is 5.91 Å². The number of piperidine rings is 1. The highest BCUT2D eigenvalue weighted by Crippen LogP contribution is 2.31. The van der Waals surface area contributed by atoms with Gasteiger partial charge in [-0.05, 0) is 18.2 Å². The third kappa shape index (κ3) is 2.36. The van der Waals surface area contributed by atoms with Gasteiger partial charge in [-0.3, -0.25) is 9.36 Å². The maximum Gasteiger partial charge on any atom is 0.419 e. The first-order valence-electron chi connectivity index (χ1n) is 7.75. The Hall–Kier alpha value is -2.12. The molecule has 3 heterocycles. The summed E-state index contributed by atoms with van der Waals surface area (Å²) in [5.74, 6) is -0.987. The van der Waals surface area contributed by atoms with Gasteiger partial charge in [0.05, 0.1) is 18.7 Å². The predicted molar refractivity (Wildman–Crippen MR) is 81.2 cm³/mol. The van der Waals surface area contributed by atoms with Gasteiger partial charge in [-0.2, -0.15) is 0 Å². The lowest BCUT2D eigenvalue weighted by Crippen LogP contribution is -2.47. The summed E-state index contributed by atoms with van der Waals surface area (Å²) in [5.41, 5.74) is 1.63. The summed E-state index contributed by atoms with van der Waals surface area (Å²) in [6.45, 7) is 2.43. The van der Waals surface area contributed by atoms with E-state index >= 15 is 0 Å². The molecule has 1 aromatic carbocycles. The van der Waals surface area contributed by atoms with Gasteiger partial charge in [-0.1, -0.05) is 0 Å². The molecule has 0 N–H and O–H groups in total. The number of hydrogen-bond donors (Lipinski definition) is 0. The van der Waals surface area contributed by atoms with Crippen LogP contribution >= 0.6 is 0 Å². The number of oxazole rings is 1. The second-order valence-electron chi connectivity index (χ2n) is 6.01. The molecule has 2 saturated heterocycles. The summed E-state index contributed by atoms with van der Waals surface area (Å²) >= 11 is 0. The van der Waals surface area contributed by atoms with Gasteiger partial charge < -0.3 is 18.8 Å². The normalized spacial score (nSPS) is 20.5. The first-order chi connectivity index (χ1) is 11.1. The number of rotatable bonds is 1. The SMILES string of the molecule is Cn1c(=O)oc2cc(C(=O)N3CCC4(CC3)OCCO4)ccc21. The summed E-state index contributed by atoms with van der Waals surface area (Å²) in [5, 5.41) is 0. The first-order valence-corrected chi connectivity index (χ1v) is 7.75. The fourth-order valence-corrected chi connectivity index (χ4v) is 3.29. The monoisotopic (exact) mass is 318 g/mol. The van der Waals surface area contributed by atoms with E-state index in [-0.39, 0.29) is 5.91 Å². The van der Waals surface area contributed by atoms with Crippen molar-refractivity contribution in [3.63, 3.8) is 0 Å². The van der Waals surface area contributed by atoms with Crippen LogP contribution in [0.3, 0.4) is 0 Å². The zero-order chi connectivity index (χ0) is 16.0. The van der Waals surface area contributed by atoms with Crippen molar-refractivity contribution in [2.24, 2.45) is 7.05 Å². The van der Waals surface area contributed by atoms with Crippen LogP contribution < -0.4 is 5.76 Å².